The van der Waals surface area contributed by atoms with Gasteiger partial charge in [-0.05, 0) is 25.0 Å². The average molecular weight is 232 g/mol. The number of ether oxygens (including phenoxy) is 1. The maximum absolute atomic E-state index is 5.85. The molecular weight excluding hydrogens is 212 g/mol. The van der Waals surface area contributed by atoms with Crippen LogP contribution in [0.5, 0.6) is 0 Å². The van der Waals surface area contributed by atoms with Crippen LogP contribution in [-0.4, -0.2) is 35.6 Å². The predicted molar refractivity (Wildman–Crippen MR) is 66.8 cm³/mol. The van der Waals surface area contributed by atoms with Crippen LogP contribution in [0.4, 0.5) is 0 Å². The van der Waals surface area contributed by atoms with Gasteiger partial charge in [0.25, 0.3) is 0 Å². The van der Waals surface area contributed by atoms with Crippen molar-refractivity contribution in [3.05, 3.63) is 30.1 Å². The molecule has 2 fully saturated rings. The molecular formula is C14H20N2O. The summed E-state index contributed by atoms with van der Waals surface area (Å²) < 4.78 is 5.85. The van der Waals surface area contributed by atoms with Crippen LogP contribution < -0.4 is 0 Å². The zero-order valence-electron chi connectivity index (χ0n) is 10.2. The van der Waals surface area contributed by atoms with Crippen LogP contribution in [0.25, 0.3) is 0 Å². The van der Waals surface area contributed by atoms with E-state index in [-0.39, 0.29) is 6.10 Å². The predicted octanol–water partition coefficient (Wildman–Crippen LogP) is 2.40. The largest absolute Gasteiger partial charge is 0.369 e. The summed E-state index contributed by atoms with van der Waals surface area (Å²) in [4.78, 5) is 7.02. The Hall–Kier alpha value is -0.930. The van der Waals surface area contributed by atoms with Crippen LogP contribution in [0.15, 0.2) is 24.4 Å². The Kier molecular flexibility index (Phi) is 3.39. The van der Waals surface area contributed by atoms with Crippen LogP contribution >= 0.6 is 0 Å². The van der Waals surface area contributed by atoms with Crippen molar-refractivity contribution >= 4 is 0 Å². The van der Waals surface area contributed by atoms with Gasteiger partial charge in [-0.25, -0.2) is 0 Å². The molecule has 3 heteroatoms. The third-order valence-electron chi connectivity index (χ3n) is 3.96. The minimum absolute atomic E-state index is 0.172. The molecule has 2 heterocycles. The van der Waals surface area contributed by atoms with Crippen LogP contribution in [0.2, 0.25) is 0 Å². The van der Waals surface area contributed by atoms with Crippen molar-refractivity contribution in [2.75, 3.05) is 19.7 Å². The van der Waals surface area contributed by atoms with Crippen LogP contribution in [0.3, 0.4) is 0 Å². The van der Waals surface area contributed by atoms with Gasteiger partial charge in [0.15, 0.2) is 0 Å². The summed E-state index contributed by atoms with van der Waals surface area (Å²) >= 11 is 0. The van der Waals surface area contributed by atoms with E-state index in [0.29, 0.717) is 0 Å². The maximum Gasteiger partial charge on any atom is 0.112 e. The Bertz CT molecular complexity index is 348. The first-order valence-corrected chi connectivity index (χ1v) is 6.70. The molecule has 1 saturated carbocycles. The molecule has 1 atom stereocenters. The lowest BCUT2D eigenvalue weighted by atomic mass is 10.1. The Labute approximate surface area is 103 Å². The highest BCUT2D eigenvalue weighted by molar-refractivity contribution is 5.08. The number of nitrogens with zero attached hydrogens (tertiary/aromatic N) is 2. The summed E-state index contributed by atoms with van der Waals surface area (Å²) in [5, 5.41) is 0. The Morgan fingerprint density at radius 1 is 1.24 bits per heavy atom. The topological polar surface area (TPSA) is 25.4 Å². The van der Waals surface area contributed by atoms with Gasteiger partial charge in [0.05, 0.1) is 12.3 Å². The molecule has 0 radical (unpaired) electrons. The molecule has 0 aromatic carbocycles. The molecule has 1 aliphatic heterocycles. The molecule has 0 amide bonds. The van der Waals surface area contributed by atoms with E-state index in [0.717, 1.165) is 31.4 Å². The van der Waals surface area contributed by atoms with E-state index in [9.17, 15) is 0 Å². The first-order chi connectivity index (χ1) is 8.43. The highest BCUT2D eigenvalue weighted by atomic mass is 16.5. The Balaban J connectivity index is 1.67. The van der Waals surface area contributed by atoms with Crippen molar-refractivity contribution in [1.82, 2.24) is 9.88 Å². The molecule has 1 aromatic heterocycles. The highest BCUT2D eigenvalue weighted by Crippen LogP contribution is 2.28. The molecule has 1 saturated heterocycles. The van der Waals surface area contributed by atoms with E-state index < -0.39 is 0 Å². The SMILES string of the molecule is c1ccc(C2CN(C3CCCC3)CCO2)nc1. The van der Waals surface area contributed by atoms with Gasteiger partial charge < -0.3 is 4.74 Å². The summed E-state index contributed by atoms with van der Waals surface area (Å²) in [6.45, 7) is 2.95. The molecule has 3 rings (SSSR count). The Morgan fingerprint density at radius 2 is 2.12 bits per heavy atom. The van der Waals surface area contributed by atoms with E-state index >= 15 is 0 Å². The number of hydrogen-bond acceptors (Lipinski definition) is 3. The lowest BCUT2D eigenvalue weighted by Gasteiger charge is -2.36. The van der Waals surface area contributed by atoms with Crippen LogP contribution in [-0.2, 0) is 4.74 Å². The van der Waals surface area contributed by atoms with Gasteiger partial charge in [0.1, 0.15) is 6.10 Å². The molecule has 0 spiro atoms. The van der Waals surface area contributed by atoms with Crippen molar-refractivity contribution in [2.45, 2.75) is 37.8 Å². The van der Waals surface area contributed by atoms with Crippen LogP contribution in [0, 0.1) is 0 Å². The summed E-state index contributed by atoms with van der Waals surface area (Å²) in [5.74, 6) is 0. The fourth-order valence-electron chi connectivity index (χ4n) is 3.02. The lowest BCUT2D eigenvalue weighted by Crippen LogP contribution is -2.43. The van der Waals surface area contributed by atoms with Gasteiger partial charge in [0.2, 0.25) is 0 Å². The summed E-state index contributed by atoms with van der Waals surface area (Å²) in [5.41, 5.74) is 1.08. The van der Waals surface area contributed by atoms with Gasteiger partial charge in [0, 0.05) is 25.3 Å². The minimum atomic E-state index is 0.172. The van der Waals surface area contributed by atoms with E-state index in [2.05, 4.69) is 16.0 Å². The molecule has 17 heavy (non-hydrogen) atoms. The molecule has 0 bridgehead atoms. The summed E-state index contributed by atoms with van der Waals surface area (Å²) in [6, 6.07) is 6.87. The van der Waals surface area contributed by atoms with Gasteiger partial charge >= 0.3 is 0 Å². The zero-order chi connectivity index (χ0) is 11.5. The molecule has 1 unspecified atom stereocenters. The Morgan fingerprint density at radius 3 is 2.88 bits per heavy atom. The van der Waals surface area contributed by atoms with Crippen molar-refractivity contribution < 1.29 is 4.74 Å². The number of hydrogen-bond donors (Lipinski definition) is 0. The number of pyridine rings is 1. The van der Waals surface area contributed by atoms with Crippen molar-refractivity contribution in [1.29, 1.82) is 0 Å². The molecule has 1 aliphatic carbocycles. The first-order valence-electron chi connectivity index (χ1n) is 6.70. The molecule has 1 aromatic rings. The van der Waals surface area contributed by atoms with Gasteiger partial charge in [-0.15, -0.1) is 0 Å². The zero-order valence-corrected chi connectivity index (χ0v) is 10.2. The second-order valence-corrected chi connectivity index (χ2v) is 5.05. The average Bonchev–Trinajstić information content (AvgIpc) is 2.94. The van der Waals surface area contributed by atoms with Crippen molar-refractivity contribution in [3.63, 3.8) is 0 Å². The highest BCUT2D eigenvalue weighted by Gasteiger charge is 2.29. The van der Waals surface area contributed by atoms with Gasteiger partial charge in [-0.3, -0.25) is 9.88 Å². The summed E-state index contributed by atoms with van der Waals surface area (Å²) in [6.07, 6.45) is 7.56. The van der Waals surface area contributed by atoms with Crippen LogP contribution in [0.1, 0.15) is 37.5 Å². The van der Waals surface area contributed by atoms with E-state index in [1.165, 1.54) is 25.7 Å². The van der Waals surface area contributed by atoms with Gasteiger partial charge in [-0.2, -0.15) is 0 Å². The smallest absolute Gasteiger partial charge is 0.112 e. The first kappa shape index (κ1) is 11.2. The number of morpholine rings is 1. The lowest BCUT2D eigenvalue weighted by molar-refractivity contribution is -0.0459. The second-order valence-electron chi connectivity index (χ2n) is 5.05. The van der Waals surface area contributed by atoms with Gasteiger partial charge in [-0.1, -0.05) is 18.9 Å². The number of aromatic nitrogens is 1. The minimum Gasteiger partial charge on any atom is -0.369 e. The normalized spacial score (nSPS) is 27.4. The quantitative estimate of drug-likeness (QED) is 0.783. The molecule has 2 aliphatic rings. The van der Waals surface area contributed by atoms with E-state index in [1.807, 2.05) is 18.3 Å². The third-order valence-corrected chi connectivity index (χ3v) is 3.96. The maximum atomic E-state index is 5.85. The standard InChI is InChI=1S/C14H20N2O/c1-2-6-12(5-1)16-9-10-17-14(11-16)13-7-3-4-8-15-13/h3-4,7-8,12,14H,1-2,5-6,9-11H2. The molecule has 3 nitrogen and oxygen atoms in total. The third kappa shape index (κ3) is 2.50. The summed E-state index contributed by atoms with van der Waals surface area (Å²) in [7, 11) is 0. The van der Waals surface area contributed by atoms with Crippen molar-refractivity contribution in [2.24, 2.45) is 0 Å². The molecule has 0 N–H and O–H groups in total. The van der Waals surface area contributed by atoms with Crippen molar-refractivity contribution in [3.8, 4) is 0 Å². The fraction of sp³-hybridized carbons (Fsp3) is 0.643. The van der Waals surface area contributed by atoms with E-state index in [1.54, 1.807) is 0 Å². The molecule has 92 valence electrons. The fourth-order valence-corrected chi connectivity index (χ4v) is 3.02. The number of rotatable bonds is 2. The van der Waals surface area contributed by atoms with E-state index in [4.69, 9.17) is 4.74 Å². The second kappa shape index (κ2) is 5.15. The monoisotopic (exact) mass is 232 g/mol.